The molecule has 2 aliphatic heterocycles. The van der Waals surface area contributed by atoms with E-state index in [4.69, 9.17) is 9.47 Å². The maximum absolute atomic E-state index is 5.70. The van der Waals surface area contributed by atoms with Gasteiger partial charge in [-0.15, -0.1) is 24.0 Å². The normalized spacial score (nSPS) is 19.6. The minimum absolute atomic E-state index is 0. The summed E-state index contributed by atoms with van der Waals surface area (Å²) in [6, 6.07) is 10.7. The number of piperazine rings is 1. The van der Waals surface area contributed by atoms with Gasteiger partial charge in [-0.3, -0.25) is 9.89 Å². The van der Waals surface area contributed by atoms with Crippen LogP contribution in [0.25, 0.3) is 0 Å². The Hall–Kier alpha value is -1.10. The number of nitrogens with zero attached hydrogens (tertiary/aromatic N) is 3. The van der Waals surface area contributed by atoms with Crippen LogP contribution in [0.4, 0.5) is 5.69 Å². The van der Waals surface area contributed by atoms with Crippen LogP contribution in [-0.2, 0) is 9.47 Å². The molecule has 3 rings (SSSR count). The quantitative estimate of drug-likeness (QED) is 0.178. The number of guanidine groups is 1. The average Bonchev–Trinajstić information content (AvgIpc) is 3.34. The number of halogens is 1. The van der Waals surface area contributed by atoms with Gasteiger partial charge in [0.2, 0.25) is 0 Å². The molecule has 182 valence electrons. The Morgan fingerprint density at radius 3 is 2.50 bits per heavy atom. The lowest BCUT2D eigenvalue weighted by molar-refractivity contribution is 0.0168. The number of ether oxygens (including phenoxy) is 2. The largest absolute Gasteiger partial charge is 0.379 e. The molecule has 2 N–H and O–H groups in total. The van der Waals surface area contributed by atoms with E-state index in [9.17, 15) is 0 Å². The van der Waals surface area contributed by atoms with Crippen LogP contribution < -0.4 is 15.5 Å². The van der Waals surface area contributed by atoms with Gasteiger partial charge in [0, 0.05) is 65.2 Å². The van der Waals surface area contributed by atoms with Crippen molar-refractivity contribution in [3.63, 3.8) is 0 Å². The zero-order chi connectivity index (χ0) is 21.6. The van der Waals surface area contributed by atoms with Crippen LogP contribution in [0.3, 0.4) is 0 Å². The van der Waals surface area contributed by atoms with Gasteiger partial charge in [-0.25, -0.2) is 0 Å². The maximum atomic E-state index is 5.70. The second-order valence-corrected chi connectivity index (χ2v) is 8.36. The van der Waals surface area contributed by atoms with E-state index in [0.29, 0.717) is 6.10 Å². The number of benzene rings is 1. The molecule has 7 nitrogen and oxygen atoms in total. The number of nitrogens with one attached hydrogen (secondary N) is 2. The highest BCUT2D eigenvalue weighted by atomic mass is 127. The van der Waals surface area contributed by atoms with Crippen LogP contribution in [-0.4, -0.2) is 89.6 Å². The molecule has 2 fully saturated rings. The highest BCUT2D eigenvalue weighted by Crippen LogP contribution is 2.15. The number of hydrogen-bond donors (Lipinski definition) is 2. The summed E-state index contributed by atoms with van der Waals surface area (Å²) in [7, 11) is 1.83. The van der Waals surface area contributed by atoms with Crippen molar-refractivity contribution in [2.24, 2.45) is 4.99 Å². The van der Waals surface area contributed by atoms with E-state index in [-0.39, 0.29) is 24.0 Å². The van der Waals surface area contributed by atoms with Crippen LogP contribution in [0.15, 0.2) is 35.3 Å². The van der Waals surface area contributed by atoms with Crippen molar-refractivity contribution >= 4 is 35.6 Å². The van der Waals surface area contributed by atoms with E-state index < -0.39 is 0 Å². The fourth-order valence-electron chi connectivity index (χ4n) is 4.13. The predicted molar refractivity (Wildman–Crippen MR) is 144 cm³/mol. The summed E-state index contributed by atoms with van der Waals surface area (Å²) in [6.07, 6.45) is 5.97. The first-order chi connectivity index (χ1) is 15.3. The molecule has 0 amide bonds. The Kier molecular flexibility index (Phi) is 14.0. The van der Waals surface area contributed by atoms with Crippen molar-refractivity contribution in [3.8, 4) is 0 Å². The van der Waals surface area contributed by atoms with E-state index in [1.165, 1.54) is 25.1 Å². The summed E-state index contributed by atoms with van der Waals surface area (Å²) < 4.78 is 11.3. The van der Waals surface area contributed by atoms with Gasteiger partial charge in [-0.1, -0.05) is 18.2 Å². The van der Waals surface area contributed by atoms with Crippen LogP contribution >= 0.6 is 24.0 Å². The van der Waals surface area contributed by atoms with E-state index in [0.717, 1.165) is 84.3 Å². The van der Waals surface area contributed by atoms with Crippen molar-refractivity contribution in [2.75, 3.05) is 77.6 Å². The average molecular weight is 560 g/mol. The van der Waals surface area contributed by atoms with Crippen LogP contribution in [0.2, 0.25) is 0 Å². The van der Waals surface area contributed by atoms with Crippen molar-refractivity contribution in [1.82, 2.24) is 15.5 Å². The third kappa shape index (κ3) is 10.2. The molecule has 2 heterocycles. The SMILES string of the molecule is CN=C(NCCCCN1CCN(c2ccccc2)CC1)NCCCOCC1CCCO1.I. The van der Waals surface area contributed by atoms with Crippen molar-refractivity contribution in [3.05, 3.63) is 30.3 Å². The number of para-hydroxylation sites is 1. The molecule has 1 atom stereocenters. The molecular weight excluding hydrogens is 517 g/mol. The maximum Gasteiger partial charge on any atom is 0.190 e. The molecule has 0 aromatic heterocycles. The predicted octanol–water partition coefficient (Wildman–Crippen LogP) is 2.96. The third-order valence-electron chi connectivity index (χ3n) is 6.00. The zero-order valence-corrected chi connectivity index (χ0v) is 22.0. The molecule has 1 unspecified atom stereocenters. The Morgan fingerprint density at radius 2 is 1.81 bits per heavy atom. The monoisotopic (exact) mass is 559 g/mol. The molecular formula is C24H42IN5O2. The first kappa shape index (κ1) is 27.1. The zero-order valence-electron chi connectivity index (χ0n) is 19.6. The van der Waals surface area contributed by atoms with Gasteiger partial charge in [0.15, 0.2) is 5.96 Å². The lowest BCUT2D eigenvalue weighted by Crippen LogP contribution is -2.46. The Bertz CT molecular complexity index is 620. The molecule has 0 saturated carbocycles. The lowest BCUT2D eigenvalue weighted by atomic mass is 10.2. The van der Waals surface area contributed by atoms with Gasteiger partial charge in [0.1, 0.15) is 0 Å². The second-order valence-electron chi connectivity index (χ2n) is 8.36. The fourth-order valence-corrected chi connectivity index (χ4v) is 4.13. The van der Waals surface area contributed by atoms with E-state index in [1.807, 2.05) is 7.05 Å². The van der Waals surface area contributed by atoms with Crippen LogP contribution in [0, 0.1) is 0 Å². The topological polar surface area (TPSA) is 61.4 Å². The van der Waals surface area contributed by atoms with Gasteiger partial charge in [-0.2, -0.15) is 0 Å². The second kappa shape index (κ2) is 16.5. The standard InChI is InChI=1S/C24H41N5O2.HI/c1-25-24(27-13-8-19-30-21-23-11-7-20-31-23)26-12-5-6-14-28-15-17-29(18-16-28)22-9-3-2-4-10-22;/h2-4,9-10,23H,5-8,11-21H2,1H3,(H2,25,26,27);1H. The van der Waals surface area contributed by atoms with E-state index >= 15 is 0 Å². The van der Waals surface area contributed by atoms with Crippen LogP contribution in [0.1, 0.15) is 32.1 Å². The molecule has 0 spiro atoms. The van der Waals surface area contributed by atoms with Crippen molar-refractivity contribution in [2.45, 2.75) is 38.2 Å². The lowest BCUT2D eigenvalue weighted by Gasteiger charge is -2.36. The summed E-state index contributed by atoms with van der Waals surface area (Å²) in [6.45, 7) is 9.94. The molecule has 1 aromatic carbocycles. The number of rotatable bonds is 12. The molecule has 0 radical (unpaired) electrons. The first-order valence-corrected chi connectivity index (χ1v) is 12.0. The highest BCUT2D eigenvalue weighted by molar-refractivity contribution is 14.0. The minimum Gasteiger partial charge on any atom is -0.379 e. The van der Waals surface area contributed by atoms with Gasteiger partial charge in [0.25, 0.3) is 0 Å². The van der Waals surface area contributed by atoms with Crippen LogP contribution in [0.5, 0.6) is 0 Å². The summed E-state index contributed by atoms with van der Waals surface area (Å²) >= 11 is 0. The minimum atomic E-state index is 0. The molecule has 0 aliphatic carbocycles. The molecule has 2 aliphatic rings. The van der Waals surface area contributed by atoms with Gasteiger partial charge < -0.3 is 25.0 Å². The summed E-state index contributed by atoms with van der Waals surface area (Å²) in [5.74, 6) is 0.885. The molecule has 32 heavy (non-hydrogen) atoms. The molecule has 2 saturated heterocycles. The Balaban J connectivity index is 0.00000363. The number of hydrogen-bond acceptors (Lipinski definition) is 5. The van der Waals surface area contributed by atoms with Crippen molar-refractivity contribution in [1.29, 1.82) is 0 Å². The third-order valence-corrected chi connectivity index (χ3v) is 6.00. The van der Waals surface area contributed by atoms with E-state index in [2.05, 4.69) is 55.8 Å². The number of anilines is 1. The summed E-state index contributed by atoms with van der Waals surface area (Å²) in [4.78, 5) is 9.38. The molecule has 1 aromatic rings. The molecule has 8 heteroatoms. The fraction of sp³-hybridized carbons (Fsp3) is 0.708. The van der Waals surface area contributed by atoms with Gasteiger partial charge >= 0.3 is 0 Å². The smallest absolute Gasteiger partial charge is 0.190 e. The Morgan fingerprint density at radius 1 is 1.06 bits per heavy atom. The van der Waals surface area contributed by atoms with Crippen molar-refractivity contribution < 1.29 is 9.47 Å². The Labute approximate surface area is 211 Å². The number of unbranched alkanes of at least 4 members (excludes halogenated alkanes) is 1. The number of aliphatic imine (C=N–C) groups is 1. The van der Waals surface area contributed by atoms with E-state index in [1.54, 1.807) is 0 Å². The van der Waals surface area contributed by atoms with Gasteiger partial charge in [-0.05, 0) is 50.8 Å². The van der Waals surface area contributed by atoms with Gasteiger partial charge in [0.05, 0.1) is 12.7 Å². The summed E-state index contributed by atoms with van der Waals surface area (Å²) in [5, 5.41) is 6.79. The summed E-state index contributed by atoms with van der Waals surface area (Å²) in [5.41, 5.74) is 1.35. The molecule has 0 bridgehead atoms. The first-order valence-electron chi connectivity index (χ1n) is 12.0. The highest BCUT2D eigenvalue weighted by Gasteiger charge is 2.16.